The molecule has 1 aliphatic rings. The molecule has 180 valence electrons. The fraction of sp³-hybridized carbons (Fsp3) is 0.500. The van der Waals surface area contributed by atoms with Crippen molar-refractivity contribution in [2.24, 2.45) is 5.92 Å². The number of nitrogens with one attached hydrogen (secondary N) is 2. The average Bonchev–Trinajstić information content (AvgIpc) is 3.14. The van der Waals surface area contributed by atoms with Crippen molar-refractivity contribution in [1.29, 1.82) is 0 Å². The van der Waals surface area contributed by atoms with Gasteiger partial charge in [0.05, 0.1) is 18.3 Å². The molecule has 0 aliphatic carbocycles. The van der Waals surface area contributed by atoms with Crippen LogP contribution in [0.5, 0.6) is 5.75 Å². The monoisotopic (exact) mass is 479 g/mol. The van der Waals surface area contributed by atoms with E-state index in [2.05, 4.69) is 10.1 Å². The van der Waals surface area contributed by atoms with Gasteiger partial charge in [0, 0.05) is 18.2 Å². The van der Waals surface area contributed by atoms with Crippen molar-refractivity contribution in [2.75, 3.05) is 6.54 Å². The zero-order valence-electron chi connectivity index (χ0n) is 19.1. The number of nitrogens with zero attached hydrogens (tertiary/aromatic N) is 1. The number of ether oxygens (including phenoxy) is 2. The van der Waals surface area contributed by atoms with Crippen molar-refractivity contribution in [1.82, 2.24) is 14.6 Å². The molecule has 0 spiro atoms. The number of H-pyrrole nitrogens is 1. The van der Waals surface area contributed by atoms with Gasteiger partial charge in [0.25, 0.3) is 5.56 Å². The van der Waals surface area contributed by atoms with Crippen molar-refractivity contribution in [2.45, 2.75) is 58.7 Å². The van der Waals surface area contributed by atoms with E-state index >= 15 is 0 Å². The minimum atomic E-state index is -1.69. The molecule has 33 heavy (non-hydrogen) atoms. The predicted molar refractivity (Wildman–Crippen MR) is 123 cm³/mol. The third-order valence-electron chi connectivity index (χ3n) is 4.97. The van der Waals surface area contributed by atoms with E-state index in [1.165, 1.54) is 16.8 Å². The largest absolute Gasteiger partial charge is 0.462 e. The summed E-state index contributed by atoms with van der Waals surface area (Å²) in [7, 11) is -1.69. The van der Waals surface area contributed by atoms with Gasteiger partial charge in [-0.1, -0.05) is 25.1 Å². The van der Waals surface area contributed by atoms with E-state index in [1.807, 2.05) is 32.0 Å². The summed E-state index contributed by atoms with van der Waals surface area (Å²) in [5.74, 6) is 0.201. The van der Waals surface area contributed by atoms with Crippen molar-refractivity contribution in [3.05, 3.63) is 63.4 Å². The molecule has 2 heterocycles. The maximum atomic E-state index is 12.2. The molecule has 1 aromatic carbocycles. The van der Waals surface area contributed by atoms with Gasteiger partial charge in [-0.15, -0.1) is 0 Å². The van der Waals surface area contributed by atoms with Crippen LogP contribution in [0.25, 0.3) is 0 Å². The van der Waals surface area contributed by atoms with E-state index < -0.39 is 38.1 Å². The number of para-hydroxylation sites is 1. The Morgan fingerprint density at radius 3 is 2.64 bits per heavy atom. The number of carbonyl (C=O) groups is 1. The molecule has 11 heteroatoms. The van der Waals surface area contributed by atoms with Gasteiger partial charge in [-0.25, -0.2) is 9.88 Å². The van der Waals surface area contributed by atoms with Crippen molar-refractivity contribution in [3.63, 3.8) is 0 Å². The summed E-state index contributed by atoms with van der Waals surface area (Å²) in [6, 6.07) is 10.4. The highest BCUT2D eigenvalue weighted by Gasteiger charge is 2.38. The van der Waals surface area contributed by atoms with Gasteiger partial charge < -0.3 is 18.5 Å². The first-order valence-corrected chi connectivity index (χ1v) is 12.0. The van der Waals surface area contributed by atoms with Crippen LogP contribution in [0.4, 0.5) is 0 Å². The van der Waals surface area contributed by atoms with Gasteiger partial charge in [-0.3, -0.25) is 19.1 Å². The molecule has 0 bridgehead atoms. The Labute approximate surface area is 193 Å². The second-order valence-corrected chi connectivity index (χ2v) is 9.36. The molecule has 2 aromatic rings. The average molecular weight is 479 g/mol. The zero-order valence-corrected chi connectivity index (χ0v) is 20.0. The van der Waals surface area contributed by atoms with Crippen LogP contribution in [0.2, 0.25) is 0 Å². The Bertz CT molecular complexity index is 1030. The summed E-state index contributed by atoms with van der Waals surface area (Å²) < 4.78 is 24.7. The first kappa shape index (κ1) is 25.1. The molecule has 1 saturated heterocycles. The number of esters is 1. The van der Waals surface area contributed by atoms with Gasteiger partial charge in [-0.05, 0) is 39.3 Å². The van der Waals surface area contributed by atoms with Crippen LogP contribution in [0.1, 0.15) is 40.3 Å². The molecule has 0 radical (unpaired) electrons. The molecule has 1 fully saturated rings. The third kappa shape index (κ3) is 7.23. The Kier molecular flexibility index (Phi) is 8.80. The maximum absolute atomic E-state index is 12.2. The minimum absolute atomic E-state index is 0.0138. The number of aromatic nitrogens is 2. The van der Waals surface area contributed by atoms with Crippen LogP contribution >= 0.6 is 8.53 Å². The summed E-state index contributed by atoms with van der Waals surface area (Å²) >= 11 is 0. The topological polar surface area (TPSA) is 121 Å². The third-order valence-corrected chi connectivity index (χ3v) is 6.28. The molecule has 1 aliphatic heterocycles. The lowest BCUT2D eigenvalue weighted by Crippen LogP contribution is -2.34. The summed E-state index contributed by atoms with van der Waals surface area (Å²) in [6.45, 7) is 7.32. The SMILES string of the molecule is CC(C)OC(=O)CNP(Oc1ccccc1)O[C@@H](C)C1C[C@H](C)[C@H](n2ccc(=O)[nH]c2=O)O1. The molecule has 1 aromatic heterocycles. The Balaban J connectivity index is 1.66. The Hall–Kier alpha value is -2.52. The molecule has 2 N–H and O–H groups in total. The van der Waals surface area contributed by atoms with E-state index in [9.17, 15) is 14.4 Å². The number of benzene rings is 1. The van der Waals surface area contributed by atoms with Crippen LogP contribution < -0.4 is 20.9 Å². The van der Waals surface area contributed by atoms with Crippen LogP contribution in [0.15, 0.2) is 52.2 Å². The normalized spacial score (nSPS) is 22.2. The lowest BCUT2D eigenvalue weighted by atomic mass is 10.0. The standard InChI is InChI=1S/C22H30N3O7P/c1-14(2)29-20(27)13-23-33(32-17-8-6-5-7-9-17)31-16(4)18-12-15(3)21(30-18)25-11-10-19(26)24-22(25)28/h5-11,14-16,18,21,23H,12-13H2,1-4H3,(H,24,26,28)/t15-,16-,18?,21+,33?/m0/s1. The van der Waals surface area contributed by atoms with Crippen LogP contribution in [-0.4, -0.2) is 40.4 Å². The van der Waals surface area contributed by atoms with E-state index in [4.69, 9.17) is 18.5 Å². The first-order valence-electron chi connectivity index (χ1n) is 10.8. The molecule has 0 amide bonds. The number of carbonyl (C=O) groups excluding carboxylic acids is 1. The smallest absolute Gasteiger partial charge is 0.330 e. The van der Waals surface area contributed by atoms with Crippen molar-refractivity contribution >= 4 is 14.5 Å². The summed E-state index contributed by atoms with van der Waals surface area (Å²) in [6.07, 6.45) is 0.602. The highest BCUT2D eigenvalue weighted by Crippen LogP contribution is 2.41. The van der Waals surface area contributed by atoms with E-state index in [0.717, 1.165) is 0 Å². The van der Waals surface area contributed by atoms with Crippen molar-refractivity contribution in [3.8, 4) is 5.75 Å². The molecule has 10 nitrogen and oxygen atoms in total. The van der Waals surface area contributed by atoms with Crippen molar-refractivity contribution < 1.29 is 23.3 Å². The van der Waals surface area contributed by atoms with Crippen LogP contribution in [0, 0.1) is 5.92 Å². The predicted octanol–water partition coefficient (Wildman–Crippen LogP) is 2.71. The lowest BCUT2D eigenvalue weighted by Gasteiger charge is -2.26. The molecule has 0 saturated carbocycles. The molecular weight excluding hydrogens is 449 g/mol. The van der Waals surface area contributed by atoms with Crippen LogP contribution in [-0.2, 0) is 18.8 Å². The summed E-state index contributed by atoms with van der Waals surface area (Å²) in [5.41, 5.74) is -0.977. The zero-order chi connectivity index (χ0) is 24.0. The molecular formula is C22H30N3O7P. The van der Waals surface area contributed by atoms with Gasteiger partial charge >= 0.3 is 20.2 Å². The highest BCUT2D eigenvalue weighted by atomic mass is 31.2. The number of aromatic amines is 1. The number of hydrogen-bond acceptors (Lipinski definition) is 8. The molecule has 5 atom stereocenters. The number of rotatable bonds is 10. The number of hydrogen-bond donors (Lipinski definition) is 2. The second kappa shape index (κ2) is 11.6. The van der Waals surface area contributed by atoms with Gasteiger partial charge in [0.2, 0.25) is 0 Å². The van der Waals surface area contributed by atoms with Gasteiger partial charge in [0.15, 0.2) is 0 Å². The van der Waals surface area contributed by atoms with Gasteiger partial charge in [-0.2, -0.15) is 0 Å². The summed E-state index contributed by atoms with van der Waals surface area (Å²) in [4.78, 5) is 37.8. The quantitative estimate of drug-likeness (QED) is 0.394. The highest BCUT2D eigenvalue weighted by molar-refractivity contribution is 7.45. The first-order chi connectivity index (χ1) is 15.7. The van der Waals surface area contributed by atoms with E-state index in [0.29, 0.717) is 12.2 Å². The maximum Gasteiger partial charge on any atom is 0.330 e. The molecule has 3 rings (SSSR count). The lowest BCUT2D eigenvalue weighted by molar-refractivity contribution is -0.145. The Morgan fingerprint density at radius 2 is 1.97 bits per heavy atom. The molecule has 2 unspecified atom stereocenters. The Morgan fingerprint density at radius 1 is 1.24 bits per heavy atom. The fourth-order valence-electron chi connectivity index (χ4n) is 3.44. The van der Waals surface area contributed by atoms with E-state index in [1.54, 1.807) is 26.0 Å². The minimum Gasteiger partial charge on any atom is -0.462 e. The summed E-state index contributed by atoms with van der Waals surface area (Å²) in [5, 5.41) is 2.99. The second-order valence-electron chi connectivity index (χ2n) is 8.14. The van der Waals surface area contributed by atoms with Crippen LogP contribution in [0.3, 0.4) is 0 Å². The van der Waals surface area contributed by atoms with E-state index in [-0.39, 0.29) is 24.7 Å². The fourth-order valence-corrected chi connectivity index (χ4v) is 4.63. The van der Waals surface area contributed by atoms with Gasteiger partial charge in [0.1, 0.15) is 18.5 Å².